The number of carbonyl (C=O) groups is 3. The SMILES string of the molecule is CCOC(=O)c1c(C)[nH]c(C(=O)COC(=O)c2cn(-c3ccccc3)nc2-c2ccc(F)cc2)c1C. The van der Waals surface area contributed by atoms with Gasteiger partial charge >= 0.3 is 11.9 Å². The number of aromatic amines is 1. The molecule has 0 fully saturated rings. The monoisotopic (exact) mass is 489 g/mol. The second kappa shape index (κ2) is 10.4. The summed E-state index contributed by atoms with van der Waals surface area (Å²) in [7, 11) is 0. The molecular formula is C27H24FN3O5. The molecule has 0 spiro atoms. The number of para-hydroxylation sites is 1. The smallest absolute Gasteiger partial charge is 0.342 e. The van der Waals surface area contributed by atoms with Crippen LogP contribution in [0, 0.1) is 19.7 Å². The molecule has 0 unspecified atom stereocenters. The van der Waals surface area contributed by atoms with Crippen molar-refractivity contribution in [1.82, 2.24) is 14.8 Å². The fourth-order valence-electron chi connectivity index (χ4n) is 3.88. The van der Waals surface area contributed by atoms with Gasteiger partial charge in [0.15, 0.2) is 6.61 Å². The minimum absolute atomic E-state index is 0.116. The zero-order valence-electron chi connectivity index (χ0n) is 20.0. The summed E-state index contributed by atoms with van der Waals surface area (Å²) in [5.41, 5.74) is 2.99. The number of aryl methyl sites for hydroxylation is 1. The number of ether oxygens (including phenoxy) is 2. The summed E-state index contributed by atoms with van der Waals surface area (Å²) < 4.78 is 25.4. The van der Waals surface area contributed by atoms with Crippen LogP contribution in [0.25, 0.3) is 16.9 Å². The molecule has 0 amide bonds. The molecule has 4 rings (SSSR count). The fraction of sp³-hybridized carbons (Fsp3) is 0.185. The van der Waals surface area contributed by atoms with Gasteiger partial charge in [-0.2, -0.15) is 5.10 Å². The number of hydrogen-bond donors (Lipinski definition) is 1. The van der Waals surface area contributed by atoms with Gasteiger partial charge in [-0.15, -0.1) is 0 Å². The summed E-state index contributed by atoms with van der Waals surface area (Å²) in [5, 5.41) is 4.50. The summed E-state index contributed by atoms with van der Waals surface area (Å²) in [4.78, 5) is 41.0. The van der Waals surface area contributed by atoms with Gasteiger partial charge in [0.25, 0.3) is 0 Å². The lowest BCUT2D eigenvalue weighted by Gasteiger charge is -2.05. The number of halogens is 1. The molecule has 0 radical (unpaired) electrons. The molecule has 0 atom stereocenters. The van der Waals surface area contributed by atoms with Gasteiger partial charge < -0.3 is 14.5 Å². The van der Waals surface area contributed by atoms with Crippen molar-refractivity contribution in [2.24, 2.45) is 0 Å². The van der Waals surface area contributed by atoms with E-state index in [1.54, 1.807) is 20.8 Å². The maximum atomic E-state index is 13.5. The summed E-state index contributed by atoms with van der Waals surface area (Å²) in [6, 6.07) is 14.7. The predicted octanol–water partition coefficient (Wildman–Crippen LogP) is 4.84. The maximum Gasteiger partial charge on any atom is 0.342 e. The molecule has 0 aliphatic heterocycles. The van der Waals surface area contributed by atoms with Crippen molar-refractivity contribution in [2.45, 2.75) is 20.8 Å². The number of carbonyl (C=O) groups excluding carboxylic acids is 3. The average molecular weight is 490 g/mol. The molecule has 0 saturated carbocycles. The first kappa shape index (κ1) is 24.6. The van der Waals surface area contributed by atoms with E-state index in [2.05, 4.69) is 10.1 Å². The number of esters is 2. The van der Waals surface area contributed by atoms with E-state index in [1.165, 1.54) is 35.1 Å². The highest BCUT2D eigenvalue weighted by Crippen LogP contribution is 2.25. The van der Waals surface area contributed by atoms with Crippen molar-refractivity contribution in [3.05, 3.63) is 94.7 Å². The maximum absolute atomic E-state index is 13.5. The van der Waals surface area contributed by atoms with Gasteiger partial charge in [0.1, 0.15) is 17.1 Å². The summed E-state index contributed by atoms with van der Waals surface area (Å²) >= 11 is 0. The van der Waals surface area contributed by atoms with Crippen molar-refractivity contribution in [3.63, 3.8) is 0 Å². The number of rotatable bonds is 8. The normalized spacial score (nSPS) is 10.8. The van der Waals surface area contributed by atoms with Crippen molar-refractivity contribution >= 4 is 17.7 Å². The van der Waals surface area contributed by atoms with Crippen LogP contribution in [0.5, 0.6) is 0 Å². The van der Waals surface area contributed by atoms with Gasteiger partial charge in [0.2, 0.25) is 5.78 Å². The van der Waals surface area contributed by atoms with Gasteiger partial charge in [-0.25, -0.2) is 18.7 Å². The van der Waals surface area contributed by atoms with E-state index in [0.717, 1.165) is 0 Å². The molecule has 36 heavy (non-hydrogen) atoms. The molecule has 2 aromatic heterocycles. The van der Waals surface area contributed by atoms with Crippen molar-refractivity contribution < 1.29 is 28.2 Å². The average Bonchev–Trinajstić information content (AvgIpc) is 3.45. The van der Waals surface area contributed by atoms with Crippen LogP contribution in [0.15, 0.2) is 60.8 Å². The summed E-state index contributed by atoms with van der Waals surface area (Å²) in [6.45, 7) is 4.63. The Hall–Kier alpha value is -4.53. The van der Waals surface area contributed by atoms with Gasteiger partial charge in [0.05, 0.1) is 23.6 Å². The lowest BCUT2D eigenvalue weighted by Crippen LogP contribution is -2.16. The Morgan fingerprint density at radius 3 is 2.33 bits per heavy atom. The molecule has 8 nitrogen and oxygen atoms in total. The number of nitrogens with zero attached hydrogens (tertiary/aromatic N) is 2. The molecule has 184 valence electrons. The van der Waals surface area contributed by atoms with Crippen LogP contribution in [-0.2, 0) is 9.47 Å². The number of ketones is 1. The highest BCUT2D eigenvalue weighted by Gasteiger charge is 2.25. The van der Waals surface area contributed by atoms with Crippen molar-refractivity contribution in [1.29, 1.82) is 0 Å². The van der Waals surface area contributed by atoms with Crippen LogP contribution < -0.4 is 0 Å². The quantitative estimate of drug-likeness (QED) is 0.281. The second-order valence-electron chi connectivity index (χ2n) is 8.02. The molecule has 9 heteroatoms. The zero-order chi connectivity index (χ0) is 25.8. The third-order valence-electron chi connectivity index (χ3n) is 5.60. The Balaban J connectivity index is 1.59. The molecule has 0 aliphatic carbocycles. The number of hydrogen-bond acceptors (Lipinski definition) is 6. The number of H-pyrrole nitrogens is 1. The van der Waals surface area contributed by atoms with E-state index in [1.807, 2.05) is 30.3 Å². The van der Waals surface area contributed by atoms with Gasteiger partial charge in [0, 0.05) is 17.5 Å². The van der Waals surface area contributed by atoms with Crippen molar-refractivity contribution in [2.75, 3.05) is 13.2 Å². The van der Waals surface area contributed by atoms with Crippen LogP contribution in [0.1, 0.15) is 49.4 Å². The molecular weight excluding hydrogens is 465 g/mol. The van der Waals surface area contributed by atoms with Crippen LogP contribution in [0.3, 0.4) is 0 Å². The van der Waals surface area contributed by atoms with E-state index in [4.69, 9.17) is 9.47 Å². The van der Waals surface area contributed by atoms with E-state index < -0.39 is 30.1 Å². The molecule has 2 aromatic carbocycles. The highest BCUT2D eigenvalue weighted by atomic mass is 19.1. The number of benzene rings is 2. The number of aromatic nitrogens is 3. The van der Waals surface area contributed by atoms with E-state index in [9.17, 15) is 18.8 Å². The molecule has 2 heterocycles. The van der Waals surface area contributed by atoms with Crippen LogP contribution in [0.4, 0.5) is 4.39 Å². The molecule has 4 aromatic rings. The Kier molecular flexibility index (Phi) is 7.10. The largest absolute Gasteiger partial charge is 0.462 e. The van der Waals surface area contributed by atoms with Crippen LogP contribution >= 0.6 is 0 Å². The molecule has 0 saturated heterocycles. The minimum Gasteiger partial charge on any atom is -0.462 e. The Bertz CT molecular complexity index is 1420. The van der Waals surface area contributed by atoms with E-state index >= 15 is 0 Å². The first-order valence-corrected chi connectivity index (χ1v) is 11.3. The second-order valence-corrected chi connectivity index (χ2v) is 8.02. The lowest BCUT2D eigenvalue weighted by atomic mass is 10.1. The topological polar surface area (TPSA) is 103 Å². The molecule has 0 aliphatic rings. The Morgan fingerprint density at radius 2 is 1.67 bits per heavy atom. The van der Waals surface area contributed by atoms with E-state index in [-0.39, 0.29) is 29.1 Å². The minimum atomic E-state index is -0.767. The van der Waals surface area contributed by atoms with E-state index in [0.29, 0.717) is 22.5 Å². The van der Waals surface area contributed by atoms with Crippen LogP contribution in [-0.4, -0.2) is 45.7 Å². The van der Waals surface area contributed by atoms with Gasteiger partial charge in [-0.05, 0) is 62.7 Å². The Labute approximate surface area is 206 Å². The Morgan fingerprint density at radius 1 is 0.972 bits per heavy atom. The number of Topliss-reactive ketones (excluding diaryl/α,β-unsaturated/α-hetero) is 1. The van der Waals surface area contributed by atoms with Crippen LogP contribution in [0.2, 0.25) is 0 Å². The zero-order valence-corrected chi connectivity index (χ0v) is 20.0. The first-order valence-electron chi connectivity index (χ1n) is 11.3. The van der Waals surface area contributed by atoms with Crippen molar-refractivity contribution in [3.8, 4) is 16.9 Å². The third-order valence-corrected chi connectivity index (χ3v) is 5.60. The third kappa shape index (κ3) is 4.95. The summed E-state index contributed by atoms with van der Waals surface area (Å²) in [5.74, 6) is -2.22. The fourth-order valence-corrected chi connectivity index (χ4v) is 3.88. The highest BCUT2D eigenvalue weighted by molar-refractivity contribution is 6.03. The predicted molar refractivity (Wildman–Crippen MR) is 130 cm³/mol. The lowest BCUT2D eigenvalue weighted by molar-refractivity contribution is 0.0473. The summed E-state index contributed by atoms with van der Waals surface area (Å²) in [6.07, 6.45) is 1.50. The van der Waals surface area contributed by atoms with Gasteiger partial charge in [-0.3, -0.25) is 4.79 Å². The molecule has 0 bridgehead atoms. The van der Waals surface area contributed by atoms with Gasteiger partial charge in [-0.1, -0.05) is 18.2 Å². The first-order chi connectivity index (χ1) is 17.3. The number of nitrogens with one attached hydrogen (secondary N) is 1. The molecule has 1 N–H and O–H groups in total. The standard InChI is InChI=1S/C27H24FN3O5/c1-4-35-27(34)23-16(2)24(29-17(23)3)22(32)15-36-26(33)21-14-31(20-8-6-5-7-9-20)30-25(21)18-10-12-19(28)13-11-18/h5-14,29H,4,15H2,1-3H3.